The van der Waals surface area contributed by atoms with E-state index in [2.05, 4.69) is 20.8 Å². The minimum absolute atomic E-state index is 0.299. The third kappa shape index (κ3) is 3.33. The van der Waals surface area contributed by atoms with Crippen LogP contribution < -0.4 is 10.6 Å². The maximum Gasteiger partial charge on any atom is 0.320 e. The van der Waals surface area contributed by atoms with E-state index in [1.54, 1.807) is 6.07 Å². The summed E-state index contributed by atoms with van der Waals surface area (Å²) < 4.78 is 0. The average molecular weight is 203 g/mol. The Kier molecular flexibility index (Phi) is 3.57. The summed E-state index contributed by atoms with van der Waals surface area (Å²) in [6.45, 7) is 2.30. The number of H-pyrrole nitrogens is 1. The molecule has 0 bridgehead atoms. The minimum atomic E-state index is -0.299. The number of halogens is 1. The summed E-state index contributed by atoms with van der Waals surface area (Å²) in [6.07, 6.45) is 0. The fourth-order valence-electron chi connectivity index (χ4n) is 0.803. The van der Waals surface area contributed by atoms with Gasteiger partial charge in [0.05, 0.1) is 0 Å². The summed E-state index contributed by atoms with van der Waals surface area (Å²) >= 11 is 5.39. The molecule has 0 atom stereocenters. The van der Waals surface area contributed by atoms with Crippen molar-refractivity contribution in [3.05, 3.63) is 11.8 Å². The number of urea groups is 1. The van der Waals surface area contributed by atoms with Crippen LogP contribution in [0.15, 0.2) is 6.07 Å². The average Bonchev–Trinajstić information content (AvgIpc) is 2.48. The number of anilines is 1. The Hall–Kier alpha value is -1.23. The van der Waals surface area contributed by atoms with Gasteiger partial charge in [-0.15, -0.1) is 11.6 Å². The SMILES string of the molecule is Cc1cc(NC(=O)NCCCl)n[nH]1. The van der Waals surface area contributed by atoms with Crippen LogP contribution >= 0.6 is 11.6 Å². The summed E-state index contributed by atoms with van der Waals surface area (Å²) in [4.78, 5) is 11.0. The van der Waals surface area contributed by atoms with E-state index in [1.165, 1.54) is 0 Å². The van der Waals surface area contributed by atoms with Gasteiger partial charge in [-0.25, -0.2) is 4.79 Å². The number of nitrogens with zero attached hydrogens (tertiary/aromatic N) is 1. The standard InChI is InChI=1S/C7H11ClN4O/c1-5-4-6(12-11-5)10-7(13)9-3-2-8/h4H,2-3H2,1H3,(H3,9,10,11,12,13). The van der Waals surface area contributed by atoms with Crippen LogP contribution in [0.3, 0.4) is 0 Å². The third-order valence-corrected chi connectivity index (χ3v) is 1.52. The Morgan fingerprint density at radius 3 is 3.08 bits per heavy atom. The van der Waals surface area contributed by atoms with Crippen molar-refractivity contribution in [1.29, 1.82) is 0 Å². The lowest BCUT2D eigenvalue weighted by Gasteiger charge is -2.01. The van der Waals surface area contributed by atoms with Gasteiger partial charge in [0.25, 0.3) is 0 Å². The van der Waals surface area contributed by atoms with E-state index in [0.29, 0.717) is 18.2 Å². The highest BCUT2D eigenvalue weighted by atomic mass is 35.5. The molecule has 72 valence electrons. The molecule has 3 N–H and O–H groups in total. The van der Waals surface area contributed by atoms with Crippen LogP contribution in [0.5, 0.6) is 0 Å². The highest BCUT2D eigenvalue weighted by molar-refractivity contribution is 6.18. The highest BCUT2D eigenvalue weighted by Crippen LogP contribution is 2.02. The second-order valence-corrected chi connectivity index (χ2v) is 2.88. The molecule has 0 aromatic carbocycles. The van der Waals surface area contributed by atoms with Crippen molar-refractivity contribution in [3.63, 3.8) is 0 Å². The Bertz CT molecular complexity index is 286. The number of rotatable bonds is 3. The molecule has 6 heteroatoms. The molecule has 1 rings (SSSR count). The fraction of sp³-hybridized carbons (Fsp3) is 0.429. The molecular weight excluding hydrogens is 192 g/mol. The zero-order chi connectivity index (χ0) is 9.68. The molecule has 0 saturated carbocycles. The summed E-state index contributed by atoms with van der Waals surface area (Å²) in [7, 11) is 0. The zero-order valence-electron chi connectivity index (χ0n) is 7.22. The van der Waals surface area contributed by atoms with Crippen LogP contribution in [0.2, 0.25) is 0 Å². The first-order valence-corrected chi connectivity index (χ1v) is 4.38. The van der Waals surface area contributed by atoms with E-state index < -0.39 is 0 Å². The van der Waals surface area contributed by atoms with Crippen LogP contribution in [-0.4, -0.2) is 28.7 Å². The lowest BCUT2D eigenvalue weighted by molar-refractivity contribution is 0.252. The summed E-state index contributed by atoms with van der Waals surface area (Å²) in [5.74, 6) is 0.900. The second kappa shape index (κ2) is 4.71. The minimum Gasteiger partial charge on any atom is -0.337 e. The zero-order valence-corrected chi connectivity index (χ0v) is 7.98. The molecule has 0 radical (unpaired) electrons. The molecule has 0 aliphatic heterocycles. The number of aromatic amines is 1. The van der Waals surface area contributed by atoms with Crippen LogP contribution in [-0.2, 0) is 0 Å². The predicted octanol–water partition coefficient (Wildman–Crippen LogP) is 1.08. The quantitative estimate of drug-likeness (QED) is 0.642. The molecule has 1 aromatic rings. The second-order valence-electron chi connectivity index (χ2n) is 2.51. The summed E-state index contributed by atoms with van der Waals surface area (Å²) in [6, 6.07) is 1.44. The van der Waals surface area contributed by atoms with Gasteiger partial charge < -0.3 is 5.32 Å². The topological polar surface area (TPSA) is 69.8 Å². The van der Waals surface area contributed by atoms with E-state index in [0.717, 1.165) is 5.69 Å². The molecule has 13 heavy (non-hydrogen) atoms. The van der Waals surface area contributed by atoms with Gasteiger partial charge in [-0.3, -0.25) is 10.4 Å². The molecule has 2 amide bonds. The number of amides is 2. The smallest absolute Gasteiger partial charge is 0.320 e. The predicted molar refractivity (Wildman–Crippen MR) is 51.1 cm³/mol. The third-order valence-electron chi connectivity index (χ3n) is 1.33. The Balaban J connectivity index is 2.36. The van der Waals surface area contributed by atoms with Gasteiger partial charge in [0, 0.05) is 24.2 Å². The van der Waals surface area contributed by atoms with Crippen LogP contribution in [0.1, 0.15) is 5.69 Å². The molecule has 0 unspecified atom stereocenters. The molecular formula is C7H11ClN4O. The normalized spacial score (nSPS) is 9.69. The molecule has 0 aliphatic rings. The van der Waals surface area contributed by atoms with E-state index in [4.69, 9.17) is 11.6 Å². The first-order valence-electron chi connectivity index (χ1n) is 3.85. The van der Waals surface area contributed by atoms with Gasteiger partial charge in [0.15, 0.2) is 5.82 Å². The van der Waals surface area contributed by atoms with E-state index in [1.807, 2.05) is 6.92 Å². The van der Waals surface area contributed by atoms with Crippen molar-refractivity contribution in [2.24, 2.45) is 0 Å². The summed E-state index contributed by atoms with van der Waals surface area (Å²) in [5.41, 5.74) is 0.896. The number of alkyl halides is 1. The fourth-order valence-corrected chi connectivity index (χ4v) is 0.898. The van der Waals surface area contributed by atoms with E-state index in [9.17, 15) is 4.79 Å². The van der Waals surface area contributed by atoms with Crippen molar-refractivity contribution < 1.29 is 4.79 Å². The van der Waals surface area contributed by atoms with Gasteiger partial charge in [-0.05, 0) is 6.92 Å². The van der Waals surface area contributed by atoms with Gasteiger partial charge in [-0.1, -0.05) is 0 Å². The number of aromatic nitrogens is 2. The number of hydrogen-bond donors (Lipinski definition) is 3. The van der Waals surface area contributed by atoms with Gasteiger partial charge in [0.1, 0.15) is 0 Å². The molecule has 1 aromatic heterocycles. The first kappa shape index (κ1) is 9.85. The molecule has 0 saturated heterocycles. The number of carbonyl (C=O) groups is 1. The van der Waals surface area contributed by atoms with Crippen LogP contribution in [0.25, 0.3) is 0 Å². The molecule has 0 spiro atoms. The largest absolute Gasteiger partial charge is 0.337 e. The molecule has 0 fully saturated rings. The maximum atomic E-state index is 11.0. The Morgan fingerprint density at radius 2 is 2.54 bits per heavy atom. The number of hydrogen-bond acceptors (Lipinski definition) is 2. The Morgan fingerprint density at radius 1 is 1.77 bits per heavy atom. The first-order chi connectivity index (χ1) is 6.22. The summed E-state index contributed by atoms with van der Waals surface area (Å²) in [5, 5.41) is 11.6. The monoisotopic (exact) mass is 202 g/mol. The highest BCUT2D eigenvalue weighted by Gasteiger charge is 2.02. The van der Waals surface area contributed by atoms with Gasteiger partial charge in [-0.2, -0.15) is 5.10 Å². The van der Waals surface area contributed by atoms with Gasteiger partial charge in [0.2, 0.25) is 0 Å². The molecule has 5 nitrogen and oxygen atoms in total. The van der Waals surface area contributed by atoms with Crippen molar-refractivity contribution >= 4 is 23.4 Å². The van der Waals surface area contributed by atoms with Gasteiger partial charge >= 0.3 is 6.03 Å². The Labute approximate surface area is 80.9 Å². The lowest BCUT2D eigenvalue weighted by atomic mass is 10.5. The van der Waals surface area contributed by atoms with E-state index in [-0.39, 0.29) is 6.03 Å². The maximum absolute atomic E-state index is 11.0. The van der Waals surface area contributed by atoms with Crippen molar-refractivity contribution in [2.75, 3.05) is 17.7 Å². The number of nitrogens with one attached hydrogen (secondary N) is 3. The van der Waals surface area contributed by atoms with Crippen molar-refractivity contribution in [1.82, 2.24) is 15.5 Å². The van der Waals surface area contributed by atoms with Crippen molar-refractivity contribution in [3.8, 4) is 0 Å². The van der Waals surface area contributed by atoms with E-state index >= 15 is 0 Å². The van der Waals surface area contributed by atoms with Crippen LogP contribution in [0.4, 0.5) is 10.6 Å². The van der Waals surface area contributed by atoms with Crippen molar-refractivity contribution in [2.45, 2.75) is 6.92 Å². The molecule has 1 heterocycles. The molecule has 0 aliphatic carbocycles. The number of carbonyl (C=O) groups excluding carboxylic acids is 1. The lowest BCUT2D eigenvalue weighted by Crippen LogP contribution is -2.30. The number of aryl methyl sites for hydroxylation is 1. The van der Waals surface area contributed by atoms with Crippen LogP contribution in [0, 0.1) is 6.92 Å².